The molecule has 0 spiro atoms. The zero-order chi connectivity index (χ0) is 18.8. The van der Waals surface area contributed by atoms with Gasteiger partial charge in [-0.2, -0.15) is 10.1 Å². The highest BCUT2D eigenvalue weighted by atomic mass is 19.1. The summed E-state index contributed by atoms with van der Waals surface area (Å²) in [6, 6.07) is 12.8. The quantitative estimate of drug-likeness (QED) is 0.491. The van der Waals surface area contributed by atoms with E-state index in [0.29, 0.717) is 23.1 Å². The zero-order valence-corrected chi connectivity index (χ0v) is 14.4. The molecule has 0 saturated carbocycles. The first-order valence-electron chi connectivity index (χ1n) is 8.31. The number of para-hydroxylation sites is 1. The Kier molecular flexibility index (Phi) is 4.37. The number of anilines is 3. The molecule has 6 nitrogen and oxygen atoms in total. The first-order chi connectivity index (χ1) is 13.1. The Hall–Kier alpha value is -3.55. The van der Waals surface area contributed by atoms with Gasteiger partial charge in [-0.05, 0) is 36.8 Å². The zero-order valence-electron chi connectivity index (χ0n) is 14.4. The highest BCUT2D eigenvalue weighted by molar-refractivity contribution is 5.91. The summed E-state index contributed by atoms with van der Waals surface area (Å²) in [4.78, 5) is 8.96. The van der Waals surface area contributed by atoms with Crippen LogP contribution in [0.3, 0.4) is 0 Å². The minimum Gasteiger partial charge on any atom is -0.350 e. The van der Waals surface area contributed by atoms with Crippen LogP contribution in [-0.4, -0.2) is 20.2 Å². The second-order valence-corrected chi connectivity index (χ2v) is 6.11. The average molecular weight is 366 g/mol. The number of aromatic nitrogens is 4. The van der Waals surface area contributed by atoms with Crippen LogP contribution < -0.4 is 10.6 Å². The largest absolute Gasteiger partial charge is 0.350 e. The van der Waals surface area contributed by atoms with Crippen molar-refractivity contribution in [3.8, 4) is 0 Å². The Balaban J connectivity index is 1.64. The van der Waals surface area contributed by atoms with Crippen molar-refractivity contribution in [2.45, 2.75) is 13.5 Å². The van der Waals surface area contributed by atoms with Crippen LogP contribution in [0, 0.1) is 18.6 Å². The van der Waals surface area contributed by atoms with Crippen molar-refractivity contribution in [3.63, 3.8) is 0 Å². The van der Waals surface area contributed by atoms with Gasteiger partial charge in [0.1, 0.15) is 17.5 Å². The molecule has 0 radical (unpaired) electrons. The number of hydrogen-bond acceptors (Lipinski definition) is 5. The summed E-state index contributed by atoms with van der Waals surface area (Å²) in [6.07, 6.45) is 0. The summed E-state index contributed by atoms with van der Waals surface area (Å²) >= 11 is 0. The maximum absolute atomic E-state index is 13.4. The molecule has 8 heteroatoms. The molecule has 0 unspecified atom stereocenters. The molecule has 0 bridgehead atoms. The van der Waals surface area contributed by atoms with Gasteiger partial charge in [-0.3, -0.25) is 5.10 Å². The van der Waals surface area contributed by atoms with E-state index in [1.54, 1.807) is 0 Å². The van der Waals surface area contributed by atoms with Crippen LogP contribution in [0.1, 0.15) is 11.3 Å². The molecular formula is C19H16F2N6. The van der Waals surface area contributed by atoms with Gasteiger partial charge in [0.2, 0.25) is 5.95 Å². The molecule has 4 rings (SSSR count). The van der Waals surface area contributed by atoms with Crippen molar-refractivity contribution in [3.05, 3.63) is 71.4 Å². The predicted molar refractivity (Wildman–Crippen MR) is 99.8 cm³/mol. The molecule has 0 aliphatic heterocycles. The minimum atomic E-state index is -0.623. The van der Waals surface area contributed by atoms with Crippen LogP contribution in [-0.2, 0) is 6.54 Å². The molecule has 0 fully saturated rings. The van der Waals surface area contributed by atoms with Crippen LogP contribution in [0.5, 0.6) is 0 Å². The summed E-state index contributed by atoms with van der Waals surface area (Å²) < 4.78 is 26.7. The summed E-state index contributed by atoms with van der Waals surface area (Å²) in [5.41, 5.74) is 2.11. The lowest BCUT2D eigenvalue weighted by Crippen LogP contribution is -2.06. The molecule has 0 saturated heterocycles. The fraction of sp³-hybridized carbons (Fsp3) is 0.105. The van der Waals surface area contributed by atoms with Gasteiger partial charge in [0.15, 0.2) is 5.82 Å². The van der Waals surface area contributed by atoms with Crippen LogP contribution in [0.25, 0.3) is 10.9 Å². The molecule has 2 aromatic heterocycles. The Bertz CT molecular complexity index is 1090. The number of nitrogens with zero attached hydrogens (tertiary/aromatic N) is 3. The van der Waals surface area contributed by atoms with Crippen LogP contribution >= 0.6 is 0 Å². The Morgan fingerprint density at radius 3 is 2.52 bits per heavy atom. The summed E-state index contributed by atoms with van der Waals surface area (Å²) in [5, 5.41) is 14.0. The maximum Gasteiger partial charge on any atom is 0.225 e. The number of nitrogens with one attached hydrogen (secondary N) is 3. The van der Waals surface area contributed by atoms with E-state index in [1.807, 2.05) is 37.3 Å². The topological polar surface area (TPSA) is 78.5 Å². The number of aromatic amines is 1. The maximum atomic E-state index is 13.4. The standard InChI is InChI=1S/C19H16F2N6/c1-11-6-17(27-26-11)24-18-15-4-2-3-5-16(15)23-19(25-18)22-10-12-7-13(20)9-14(21)8-12/h2-9H,10H2,1H3,(H3,22,23,24,25,26,27). The van der Waals surface area contributed by atoms with E-state index >= 15 is 0 Å². The van der Waals surface area contributed by atoms with Crippen LogP contribution in [0.2, 0.25) is 0 Å². The average Bonchev–Trinajstić information content (AvgIpc) is 3.04. The molecule has 0 amide bonds. The third-order valence-electron chi connectivity index (χ3n) is 3.93. The SMILES string of the molecule is Cc1cc(Nc2nc(NCc3cc(F)cc(F)c3)nc3ccccc23)n[nH]1. The van der Waals surface area contributed by atoms with Gasteiger partial charge in [-0.1, -0.05) is 12.1 Å². The first kappa shape index (κ1) is 16.9. The lowest BCUT2D eigenvalue weighted by Gasteiger charge is -2.11. The van der Waals surface area contributed by atoms with Crippen molar-refractivity contribution in [1.82, 2.24) is 20.2 Å². The smallest absolute Gasteiger partial charge is 0.225 e. The molecular weight excluding hydrogens is 350 g/mol. The Morgan fingerprint density at radius 1 is 1.00 bits per heavy atom. The Labute approximate surface area is 153 Å². The number of rotatable bonds is 5. The van der Waals surface area contributed by atoms with E-state index in [9.17, 15) is 8.78 Å². The summed E-state index contributed by atoms with van der Waals surface area (Å²) in [6.45, 7) is 2.09. The number of H-pyrrole nitrogens is 1. The van der Waals surface area contributed by atoms with E-state index in [1.165, 1.54) is 12.1 Å². The van der Waals surface area contributed by atoms with E-state index in [4.69, 9.17) is 0 Å². The molecule has 136 valence electrons. The highest BCUT2D eigenvalue weighted by Gasteiger charge is 2.10. The van der Waals surface area contributed by atoms with E-state index in [0.717, 1.165) is 22.7 Å². The van der Waals surface area contributed by atoms with Crippen molar-refractivity contribution in [2.75, 3.05) is 10.6 Å². The fourth-order valence-corrected chi connectivity index (χ4v) is 2.75. The molecule has 0 aliphatic carbocycles. The monoisotopic (exact) mass is 366 g/mol. The van der Waals surface area contributed by atoms with E-state index < -0.39 is 11.6 Å². The molecule has 0 atom stereocenters. The second kappa shape index (κ2) is 6.99. The van der Waals surface area contributed by atoms with Crippen molar-refractivity contribution < 1.29 is 8.78 Å². The fourth-order valence-electron chi connectivity index (χ4n) is 2.75. The number of fused-ring (bicyclic) bond motifs is 1. The number of hydrogen-bond donors (Lipinski definition) is 3. The summed E-state index contributed by atoms with van der Waals surface area (Å²) in [5.74, 6) is 0.313. The minimum absolute atomic E-state index is 0.188. The van der Waals surface area contributed by atoms with Gasteiger partial charge in [-0.25, -0.2) is 13.8 Å². The van der Waals surface area contributed by atoms with Crippen molar-refractivity contribution >= 4 is 28.5 Å². The third-order valence-corrected chi connectivity index (χ3v) is 3.93. The molecule has 0 aliphatic rings. The van der Waals surface area contributed by atoms with Gasteiger partial charge >= 0.3 is 0 Å². The van der Waals surface area contributed by atoms with Gasteiger partial charge < -0.3 is 10.6 Å². The molecule has 27 heavy (non-hydrogen) atoms. The lowest BCUT2D eigenvalue weighted by atomic mass is 10.2. The van der Waals surface area contributed by atoms with Gasteiger partial charge in [0.25, 0.3) is 0 Å². The van der Waals surface area contributed by atoms with Gasteiger partial charge in [0, 0.05) is 29.8 Å². The second-order valence-electron chi connectivity index (χ2n) is 6.11. The number of halogens is 2. The lowest BCUT2D eigenvalue weighted by molar-refractivity contribution is 0.580. The Morgan fingerprint density at radius 2 is 1.78 bits per heavy atom. The van der Waals surface area contributed by atoms with E-state index in [-0.39, 0.29) is 6.54 Å². The van der Waals surface area contributed by atoms with E-state index in [2.05, 4.69) is 30.8 Å². The van der Waals surface area contributed by atoms with Gasteiger partial charge in [-0.15, -0.1) is 0 Å². The third kappa shape index (κ3) is 3.84. The molecule has 2 aromatic carbocycles. The predicted octanol–water partition coefficient (Wildman–Crippen LogP) is 4.30. The summed E-state index contributed by atoms with van der Waals surface area (Å²) in [7, 11) is 0. The highest BCUT2D eigenvalue weighted by Crippen LogP contribution is 2.25. The number of aryl methyl sites for hydroxylation is 1. The molecule has 2 heterocycles. The van der Waals surface area contributed by atoms with Crippen LogP contribution in [0.15, 0.2) is 48.5 Å². The normalized spacial score (nSPS) is 10.9. The van der Waals surface area contributed by atoms with Gasteiger partial charge in [0.05, 0.1) is 5.52 Å². The molecule has 4 aromatic rings. The van der Waals surface area contributed by atoms with Crippen LogP contribution in [0.4, 0.5) is 26.4 Å². The molecule has 3 N–H and O–H groups in total. The first-order valence-corrected chi connectivity index (χ1v) is 8.31. The van der Waals surface area contributed by atoms with Crippen molar-refractivity contribution in [2.24, 2.45) is 0 Å². The van der Waals surface area contributed by atoms with Crippen molar-refractivity contribution in [1.29, 1.82) is 0 Å². The number of benzene rings is 2.